The zero-order chi connectivity index (χ0) is 11.0. The summed E-state index contributed by atoms with van der Waals surface area (Å²) in [5, 5.41) is 2.93. The molecular formula is C13H15NO2. The monoisotopic (exact) mass is 217 g/mol. The lowest BCUT2D eigenvalue weighted by Crippen LogP contribution is -2.29. The molecule has 3 rings (SSSR count). The molecule has 0 saturated carbocycles. The second-order valence-electron chi connectivity index (χ2n) is 4.67. The summed E-state index contributed by atoms with van der Waals surface area (Å²) in [6, 6.07) is 8.20. The first-order valence-corrected chi connectivity index (χ1v) is 5.79. The fourth-order valence-corrected chi connectivity index (χ4v) is 2.75. The fourth-order valence-electron chi connectivity index (χ4n) is 2.75. The third kappa shape index (κ3) is 1.39. The van der Waals surface area contributed by atoms with Gasteiger partial charge in [-0.2, -0.15) is 0 Å². The van der Waals surface area contributed by atoms with E-state index >= 15 is 0 Å². The van der Waals surface area contributed by atoms with Crippen molar-refractivity contribution in [1.82, 2.24) is 5.32 Å². The van der Waals surface area contributed by atoms with Crippen molar-refractivity contribution in [2.45, 2.75) is 24.7 Å². The molecule has 1 spiro atoms. The van der Waals surface area contributed by atoms with Crippen molar-refractivity contribution < 1.29 is 9.53 Å². The Morgan fingerprint density at radius 2 is 2.12 bits per heavy atom. The first-order chi connectivity index (χ1) is 7.80. The molecule has 2 aliphatic rings. The van der Waals surface area contributed by atoms with Gasteiger partial charge in [-0.05, 0) is 18.9 Å². The third-order valence-electron chi connectivity index (χ3n) is 3.72. The van der Waals surface area contributed by atoms with Gasteiger partial charge in [-0.25, -0.2) is 0 Å². The van der Waals surface area contributed by atoms with Crippen molar-refractivity contribution in [3.63, 3.8) is 0 Å². The number of hydrogen-bond acceptors (Lipinski definition) is 2. The van der Waals surface area contributed by atoms with E-state index < -0.39 is 0 Å². The van der Waals surface area contributed by atoms with Crippen LogP contribution in [0.15, 0.2) is 24.3 Å². The van der Waals surface area contributed by atoms with Crippen LogP contribution in [0, 0.1) is 0 Å². The van der Waals surface area contributed by atoms with Crippen LogP contribution in [0.3, 0.4) is 0 Å². The normalized spacial score (nSPS) is 28.1. The molecule has 84 valence electrons. The van der Waals surface area contributed by atoms with E-state index in [1.807, 2.05) is 12.1 Å². The molecule has 0 radical (unpaired) electrons. The Hall–Kier alpha value is -1.51. The number of benzene rings is 1. The summed E-state index contributed by atoms with van der Waals surface area (Å²) in [7, 11) is 0. The molecule has 3 heteroatoms. The molecular weight excluding hydrogens is 202 g/mol. The molecule has 1 aromatic carbocycles. The van der Waals surface area contributed by atoms with Gasteiger partial charge in [-0.3, -0.25) is 4.79 Å². The predicted octanol–water partition coefficient (Wildman–Crippen LogP) is 1.62. The van der Waals surface area contributed by atoms with Crippen molar-refractivity contribution in [3.8, 4) is 5.75 Å². The summed E-state index contributed by atoms with van der Waals surface area (Å²) in [5.41, 5.74) is 1.35. The molecule has 1 unspecified atom stereocenters. The Morgan fingerprint density at radius 3 is 3.06 bits per heavy atom. The average Bonchev–Trinajstić information content (AvgIpc) is 2.55. The number of amides is 1. The lowest BCUT2D eigenvalue weighted by atomic mass is 9.76. The largest absolute Gasteiger partial charge is 0.492 e. The summed E-state index contributed by atoms with van der Waals surface area (Å²) in [5.74, 6) is 1.16. The minimum Gasteiger partial charge on any atom is -0.492 e. The Bertz CT molecular complexity index is 430. The minimum absolute atomic E-state index is 0.0652. The first-order valence-electron chi connectivity index (χ1n) is 5.79. The number of rotatable bonds is 0. The molecule has 3 nitrogen and oxygen atoms in total. The highest BCUT2D eigenvalue weighted by atomic mass is 16.5. The van der Waals surface area contributed by atoms with Gasteiger partial charge in [0.25, 0.3) is 0 Å². The quantitative estimate of drug-likeness (QED) is 0.717. The number of para-hydroxylation sites is 1. The van der Waals surface area contributed by atoms with Gasteiger partial charge in [0, 0.05) is 23.9 Å². The molecule has 1 amide bonds. The molecule has 2 aliphatic heterocycles. The van der Waals surface area contributed by atoms with E-state index in [9.17, 15) is 4.79 Å². The Kier molecular flexibility index (Phi) is 2.13. The van der Waals surface area contributed by atoms with Gasteiger partial charge in [0.1, 0.15) is 5.75 Å². The molecule has 1 aromatic rings. The fraction of sp³-hybridized carbons (Fsp3) is 0.462. The van der Waals surface area contributed by atoms with Gasteiger partial charge in [0.15, 0.2) is 0 Å². The van der Waals surface area contributed by atoms with Crippen LogP contribution in [0.25, 0.3) is 0 Å². The Balaban J connectivity index is 1.97. The molecule has 1 atom stereocenters. The van der Waals surface area contributed by atoms with Crippen LogP contribution in [-0.2, 0) is 10.2 Å². The number of ether oxygens (including phenoxy) is 1. The van der Waals surface area contributed by atoms with E-state index in [2.05, 4.69) is 17.4 Å². The lowest BCUT2D eigenvalue weighted by Gasteiger charge is -2.25. The number of nitrogens with one attached hydrogen (secondary N) is 1. The molecule has 0 bridgehead atoms. The maximum Gasteiger partial charge on any atom is 0.220 e. The predicted molar refractivity (Wildman–Crippen MR) is 60.5 cm³/mol. The maximum absolute atomic E-state index is 11.4. The second kappa shape index (κ2) is 3.51. The molecule has 2 heterocycles. The van der Waals surface area contributed by atoms with Crippen molar-refractivity contribution in [2.24, 2.45) is 0 Å². The summed E-state index contributed by atoms with van der Waals surface area (Å²) in [6.45, 7) is 1.48. The molecule has 0 aromatic heterocycles. The van der Waals surface area contributed by atoms with Gasteiger partial charge < -0.3 is 10.1 Å². The zero-order valence-corrected chi connectivity index (χ0v) is 9.16. The SMILES string of the molecule is O=C1CCC2(CCN1)COc1ccccc12. The van der Waals surface area contributed by atoms with Crippen LogP contribution in [-0.4, -0.2) is 19.1 Å². The lowest BCUT2D eigenvalue weighted by molar-refractivity contribution is -0.120. The Morgan fingerprint density at radius 1 is 1.25 bits per heavy atom. The topological polar surface area (TPSA) is 38.3 Å². The minimum atomic E-state index is 0.0652. The van der Waals surface area contributed by atoms with E-state index in [1.54, 1.807) is 0 Å². The van der Waals surface area contributed by atoms with Crippen molar-refractivity contribution in [3.05, 3.63) is 29.8 Å². The van der Waals surface area contributed by atoms with Crippen LogP contribution in [0.4, 0.5) is 0 Å². The van der Waals surface area contributed by atoms with E-state index in [-0.39, 0.29) is 11.3 Å². The van der Waals surface area contributed by atoms with Crippen LogP contribution >= 0.6 is 0 Å². The highest BCUT2D eigenvalue weighted by Crippen LogP contribution is 2.44. The maximum atomic E-state index is 11.4. The van der Waals surface area contributed by atoms with Crippen LogP contribution < -0.4 is 10.1 Å². The van der Waals surface area contributed by atoms with E-state index in [0.717, 1.165) is 31.7 Å². The van der Waals surface area contributed by atoms with Crippen LogP contribution in [0.5, 0.6) is 5.75 Å². The van der Waals surface area contributed by atoms with Gasteiger partial charge in [0.05, 0.1) is 6.61 Å². The van der Waals surface area contributed by atoms with Gasteiger partial charge in [-0.15, -0.1) is 0 Å². The molecule has 16 heavy (non-hydrogen) atoms. The van der Waals surface area contributed by atoms with Crippen molar-refractivity contribution >= 4 is 5.91 Å². The highest BCUT2D eigenvalue weighted by Gasteiger charge is 2.41. The summed E-state index contributed by atoms with van der Waals surface area (Å²) in [4.78, 5) is 11.4. The van der Waals surface area contributed by atoms with E-state index in [4.69, 9.17) is 4.74 Å². The van der Waals surface area contributed by atoms with Crippen molar-refractivity contribution in [2.75, 3.05) is 13.2 Å². The number of carbonyl (C=O) groups is 1. The van der Waals surface area contributed by atoms with Crippen LogP contribution in [0.2, 0.25) is 0 Å². The third-order valence-corrected chi connectivity index (χ3v) is 3.72. The Labute approximate surface area is 94.8 Å². The van der Waals surface area contributed by atoms with Gasteiger partial charge in [-0.1, -0.05) is 18.2 Å². The molecule has 0 aliphatic carbocycles. The molecule has 1 fully saturated rings. The summed E-state index contributed by atoms with van der Waals surface area (Å²) >= 11 is 0. The second-order valence-corrected chi connectivity index (χ2v) is 4.67. The average molecular weight is 217 g/mol. The molecule has 1 N–H and O–H groups in total. The van der Waals surface area contributed by atoms with E-state index in [0.29, 0.717) is 6.42 Å². The first kappa shape index (κ1) is 9.70. The van der Waals surface area contributed by atoms with E-state index in [1.165, 1.54) is 5.56 Å². The zero-order valence-electron chi connectivity index (χ0n) is 9.16. The van der Waals surface area contributed by atoms with Gasteiger partial charge in [0.2, 0.25) is 5.91 Å². The number of fused-ring (bicyclic) bond motifs is 2. The van der Waals surface area contributed by atoms with Gasteiger partial charge >= 0.3 is 0 Å². The summed E-state index contributed by atoms with van der Waals surface area (Å²) < 4.78 is 5.74. The number of hydrogen-bond donors (Lipinski definition) is 1. The van der Waals surface area contributed by atoms with Crippen molar-refractivity contribution in [1.29, 1.82) is 0 Å². The smallest absolute Gasteiger partial charge is 0.220 e. The number of carbonyl (C=O) groups excluding carboxylic acids is 1. The van der Waals surface area contributed by atoms with Crippen LogP contribution in [0.1, 0.15) is 24.8 Å². The summed E-state index contributed by atoms with van der Waals surface area (Å²) in [6.07, 6.45) is 2.49. The standard InChI is InChI=1S/C13H15NO2/c15-12-5-6-13(7-8-14-12)9-16-11-4-2-1-3-10(11)13/h1-4H,5-9H2,(H,14,15). The molecule has 1 saturated heterocycles. The highest BCUT2D eigenvalue weighted by molar-refractivity contribution is 5.76.